The van der Waals surface area contributed by atoms with E-state index >= 15 is 0 Å². The number of hydrogen-bond acceptors (Lipinski definition) is 4. The molecule has 0 spiro atoms. The number of benzene rings is 1. The van der Waals surface area contributed by atoms with E-state index in [-0.39, 0.29) is 24.6 Å². The van der Waals surface area contributed by atoms with Crippen LogP contribution >= 0.6 is 0 Å². The van der Waals surface area contributed by atoms with E-state index in [2.05, 4.69) is 10.0 Å². The Morgan fingerprint density at radius 2 is 1.91 bits per heavy atom. The van der Waals surface area contributed by atoms with Crippen LogP contribution in [0.2, 0.25) is 0 Å². The van der Waals surface area contributed by atoms with Crippen LogP contribution in [0.15, 0.2) is 53.1 Å². The number of sulfonamides is 1. The molecule has 2 rings (SSSR count). The third-order valence-electron chi connectivity index (χ3n) is 3.32. The van der Waals surface area contributed by atoms with E-state index in [1.807, 2.05) is 30.3 Å². The van der Waals surface area contributed by atoms with Crippen molar-refractivity contribution in [1.29, 1.82) is 0 Å². The van der Waals surface area contributed by atoms with Gasteiger partial charge >= 0.3 is 0 Å². The summed E-state index contributed by atoms with van der Waals surface area (Å²) in [7, 11) is -3.49. The highest BCUT2D eigenvalue weighted by Gasteiger charge is 2.23. The number of carbonyl (C=O) groups is 1. The Labute approximate surface area is 135 Å². The van der Waals surface area contributed by atoms with E-state index < -0.39 is 16.1 Å². The van der Waals surface area contributed by atoms with Gasteiger partial charge in [0.05, 0.1) is 18.6 Å². The van der Waals surface area contributed by atoms with Crippen LogP contribution in [0.25, 0.3) is 0 Å². The fourth-order valence-electron chi connectivity index (χ4n) is 2.05. The molecule has 0 aliphatic heterocycles. The van der Waals surface area contributed by atoms with Gasteiger partial charge in [0, 0.05) is 0 Å². The van der Waals surface area contributed by atoms with Gasteiger partial charge in [0.2, 0.25) is 15.9 Å². The first-order valence-corrected chi connectivity index (χ1v) is 8.99. The molecule has 2 N–H and O–H groups in total. The topological polar surface area (TPSA) is 88.4 Å². The predicted octanol–water partition coefficient (Wildman–Crippen LogP) is 1.45. The van der Waals surface area contributed by atoms with E-state index in [1.54, 1.807) is 12.1 Å². The highest BCUT2D eigenvalue weighted by atomic mass is 32.2. The summed E-state index contributed by atoms with van der Waals surface area (Å²) in [5.41, 5.74) is 0.879. The molecule has 1 amide bonds. The molecule has 0 bridgehead atoms. The van der Waals surface area contributed by atoms with E-state index in [9.17, 15) is 13.2 Å². The summed E-state index contributed by atoms with van der Waals surface area (Å²) in [6.07, 6.45) is 1.80. The number of carbonyl (C=O) groups excluding carboxylic acids is 1. The zero-order valence-corrected chi connectivity index (χ0v) is 13.7. The summed E-state index contributed by atoms with van der Waals surface area (Å²) in [6.45, 7) is 1.74. The lowest BCUT2D eigenvalue weighted by atomic mass is 10.1. The van der Waals surface area contributed by atoms with Crippen LogP contribution in [0.4, 0.5) is 0 Å². The standard InChI is InChI=1S/C16H20N2O4S/c1-2-23(20,21)18-15(11-13-7-4-3-5-8-13)16(19)17-12-14-9-6-10-22-14/h3-10,15,18H,2,11-12H2,1H3,(H,17,19)/t15-/m0/s1. The summed E-state index contributed by atoms with van der Waals surface area (Å²) in [5, 5.41) is 2.69. The number of nitrogens with one attached hydrogen (secondary N) is 2. The first-order chi connectivity index (χ1) is 11.0. The van der Waals surface area contributed by atoms with Crippen molar-refractivity contribution < 1.29 is 17.6 Å². The van der Waals surface area contributed by atoms with Crippen molar-refractivity contribution in [2.75, 3.05) is 5.75 Å². The van der Waals surface area contributed by atoms with Crippen LogP contribution in [0, 0.1) is 0 Å². The monoisotopic (exact) mass is 336 g/mol. The summed E-state index contributed by atoms with van der Waals surface area (Å²) in [4.78, 5) is 12.4. The van der Waals surface area contributed by atoms with E-state index in [0.29, 0.717) is 5.76 Å². The zero-order valence-electron chi connectivity index (χ0n) is 12.9. The van der Waals surface area contributed by atoms with Gasteiger partial charge in [-0.15, -0.1) is 0 Å². The minimum absolute atomic E-state index is 0.0796. The molecule has 0 radical (unpaired) electrons. The fraction of sp³-hybridized carbons (Fsp3) is 0.312. The molecule has 6 nitrogen and oxygen atoms in total. The third-order valence-corrected chi connectivity index (χ3v) is 4.72. The van der Waals surface area contributed by atoms with E-state index in [4.69, 9.17) is 4.42 Å². The van der Waals surface area contributed by atoms with Crippen LogP contribution < -0.4 is 10.0 Å². The zero-order chi connectivity index (χ0) is 16.7. The van der Waals surface area contributed by atoms with Crippen molar-refractivity contribution in [3.8, 4) is 0 Å². The molecule has 0 fully saturated rings. The number of rotatable bonds is 8. The average Bonchev–Trinajstić information content (AvgIpc) is 3.06. The maximum atomic E-state index is 12.4. The Balaban J connectivity index is 2.06. The van der Waals surface area contributed by atoms with Gasteiger partial charge in [0.15, 0.2) is 0 Å². The quantitative estimate of drug-likeness (QED) is 0.763. The summed E-state index contributed by atoms with van der Waals surface area (Å²) in [5.74, 6) is 0.140. The van der Waals surface area contributed by atoms with Gasteiger partial charge in [0.25, 0.3) is 0 Å². The second-order valence-electron chi connectivity index (χ2n) is 5.06. The van der Waals surface area contributed by atoms with Crippen LogP contribution in [0.5, 0.6) is 0 Å². The van der Waals surface area contributed by atoms with Crippen molar-refractivity contribution in [3.63, 3.8) is 0 Å². The maximum absolute atomic E-state index is 12.4. The molecule has 0 saturated heterocycles. The molecule has 124 valence electrons. The second-order valence-corrected chi connectivity index (χ2v) is 7.10. The van der Waals surface area contributed by atoms with Crippen molar-refractivity contribution in [2.24, 2.45) is 0 Å². The Morgan fingerprint density at radius 1 is 1.17 bits per heavy atom. The lowest BCUT2D eigenvalue weighted by Crippen LogP contribution is -2.48. The van der Waals surface area contributed by atoms with Gasteiger partial charge in [-0.3, -0.25) is 4.79 Å². The molecule has 2 aromatic rings. The predicted molar refractivity (Wildman–Crippen MR) is 87.1 cm³/mol. The normalized spacial score (nSPS) is 12.7. The minimum atomic E-state index is -3.49. The molecular formula is C16H20N2O4S. The number of furan rings is 1. The van der Waals surface area contributed by atoms with Crippen molar-refractivity contribution in [3.05, 3.63) is 60.1 Å². The van der Waals surface area contributed by atoms with Crippen molar-refractivity contribution in [2.45, 2.75) is 25.9 Å². The van der Waals surface area contributed by atoms with Gasteiger partial charge in [-0.25, -0.2) is 13.1 Å². The van der Waals surface area contributed by atoms with Crippen LogP contribution in [-0.4, -0.2) is 26.1 Å². The SMILES string of the molecule is CCS(=O)(=O)N[C@@H](Cc1ccccc1)C(=O)NCc1ccco1. The van der Waals surface area contributed by atoms with Crippen LogP contribution in [0.3, 0.4) is 0 Å². The molecule has 0 aliphatic rings. The lowest BCUT2D eigenvalue weighted by molar-refractivity contribution is -0.122. The molecule has 0 aliphatic carbocycles. The van der Waals surface area contributed by atoms with Gasteiger partial charge in [-0.2, -0.15) is 0 Å². The molecular weight excluding hydrogens is 316 g/mol. The maximum Gasteiger partial charge on any atom is 0.238 e. The molecule has 23 heavy (non-hydrogen) atoms. The number of hydrogen-bond donors (Lipinski definition) is 2. The Hall–Kier alpha value is -2.12. The molecule has 1 heterocycles. The number of amides is 1. The summed E-state index contributed by atoms with van der Waals surface area (Å²) in [6, 6.07) is 11.9. The largest absolute Gasteiger partial charge is 0.467 e. The van der Waals surface area contributed by atoms with E-state index in [0.717, 1.165) is 5.56 Å². The molecule has 0 unspecified atom stereocenters. The van der Waals surface area contributed by atoms with Gasteiger partial charge in [-0.1, -0.05) is 30.3 Å². The lowest BCUT2D eigenvalue weighted by Gasteiger charge is -2.18. The molecule has 0 saturated carbocycles. The van der Waals surface area contributed by atoms with Crippen molar-refractivity contribution in [1.82, 2.24) is 10.0 Å². The first kappa shape index (κ1) is 17.2. The van der Waals surface area contributed by atoms with Crippen molar-refractivity contribution >= 4 is 15.9 Å². The van der Waals surface area contributed by atoms with Crippen LogP contribution in [-0.2, 0) is 27.8 Å². The molecule has 7 heteroatoms. The fourth-order valence-corrected chi connectivity index (χ4v) is 2.84. The van der Waals surface area contributed by atoms with Gasteiger partial charge < -0.3 is 9.73 Å². The smallest absolute Gasteiger partial charge is 0.238 e. The van der Waals surface area contributed by atoms with Gasteiger partial charge in [-0.05, 0) is 31.0 Å². The molecule has 1 aromatic carbocycles. The third kappa shape index (κ3) is 5.54. The Kier molecular flexibility index (Phi) is 5.95. The average molecular weight is 336 g/mol. The summed E-state index contributed by atoms with van der Waals surface area (Å²) >= 11 is 0. The van der Waals surface area contributed by atoms with E-state index in [1.165, 1.54) is 13.2 Å². The van der Waals surface area contributed by atoms with Gasteiger partial charge in [0.1, 0.15) is 11.8 Å². The second kappa shape index (κ2) is 7.94. The first-order valence-electron chi connectivity index (χ1n) is 7.34. The van der Waals surface area contributed by atoms with Crippen LogP contribution in [0.1, 0.15) is 18.2 Å². The molecule has 1 atom stereocenters. The Morgan fingerprint density at radius 3 is 2.52 bits per heavy atom. The molecule has 1 aromatic heterocycles. The highest BCUT2D eigenvalue weighted by molar-refractivity contribution is 7.89. The highest BCUT2D eigenvalue weighted by Crippen LogP contribution is 2.06. The Bertz CT molecular complexity index is 712. The minimum Gasteiger partial charge on any atom is -0.467 e. The summed E-state index contributed by atoms with van der Waals surface area (Å²) < 4.78 is 31.3.